The Morgan fingerprint density at radius 3 is 1.60 bits per heavy atom. The average molecular weight is 634 g/mol. The molecule has 5 atom stereocenters. The number of carbonyl (C=O) groups is 1. The van der Waals surface area contributed by atoms with Crippen molar-refractivity contribution in [2.24, 2.45) is 0 Å². The standard InChI is InChI=1S/C34H33BrO7/c35-34(37)32(40-23-27-17-9-3-10-18-27)31(39-22-26-15-7-2-8-16-26)30(38-21-25-13-5-1-6-14-25)29(42-34)24-41-33(36)28-19-11-4-12-20-28/h1-20,29-32,37H,21-24H2/t29-,30+,31+,32-,34?/m1/s1. The number of hydrogen-bond donors (Lipinski definition) is 1. The second-order valence-corrected chi connectivity index (χ2v) is 11.1. The zero-order valence-electron chi connectivity index (χ0n) is 23.0. The van der Waals surface area contributed by atoms with E-state index in [0.29, 0.717) is 5.56 Å². The summed E-state index contributed by atoms with van der Waals surface area (Å²) in [6, 6.07) is 37.8. The molecule has 0 aliphatic carbocycles. The summed E-state index contributed by atoms with van der Waals surface area (Å²) in [5, 5.41) is 11.5. The van der Waals surface area contributed by atoms with Crippen LogP contribution >= 0.6 is 15.9 Å². The maximum absolute atomic E-state index is 12.8. The number of alkyl halides is 1. The van der Waals surface area contributed by atoms with Crippen LogP contribution in [0.2, 0.25) is 0 Å². The molecule has 4 aromatic rings. The highest BCUT2D eigenvalue weighted by molar-refractivity contribution is 9.10. The van der Waals surface area contributed by atoms with Crippen LogP contribution in [0.25, 0.3) is 0 Å². The first kappa shape index (κ1) is 30.1. The van der Waals surface area contributed by atoms with Gasteiger partial charge in [-0.3, -0.25) is 0 Å². The minimum absolute atomic E-state index is 0.183. The number of aliphatic hydroxyl groups is 1. The normalized spacial score (nSPS) is 23.8. The highest BCUT2D eigenvalue weighted by Gasteiger charge is 2.55. The highest BCUT2D eigenvalue weighted by atomic mass is 79.9. The molecule has 0 radical (unpaired) electrons. The molecule has 4 aromatic carbocycles. The molecule has 42 heavy (non-hydrogen) atoms. The number of carbonyl (C=O) groups excluding carboxylic acids is 1. The monoisotopic (exact) mass is 632 g/mol. The van der Waals surface area contributed by atoms with Gasteiger partial charge in [0.25, 0.3) is 4.70 Å². The van der Waals surface area contributed by atoms with E-state index in [1.807, 2.05) is 97.1 Å². The molecule has 218 valence electrons. The molecule has 0 bridgehead atoms. The molecule has 1 aliphatic heterocycles. The van der Waals surface area contributed by atoms with Crippen molar-refractivity contribution in [3.05, 3.63) is 144 Å². The molecule has 8 heteroatoms. The lowest BCUT2D eigenvalue weighted by atomic mass is 9.97. The van der Waals surface area contributed by atoms with E-state index in [2.05, 4.69) is 15.9 Å². The molecule has 0 amide bonds. The van der Waals surface area contributed by atoms with Gasteiger partial charge in [-0.05, 0) is 44.8 Å². The van der Waals surface area contributed by atoms with Crippen molar-refractivity contribution in [1.29, 1.82) is 0 Å². The summed E-state index contributed by atoms with van der Waals surface area (Å²) in [4.78, 5) is 12.8. The van der Waals surface area contributed by atoms with Gasteiger partial charge in [0, 0.05) is 0 Å². The summed E-state index contributed by atoms with van der Waals surface area (Å²) in [6.07, 6.45) is -3.46. The lowest BCUT2D eigenvalue weighted by molar-refractivity contribution is -0.328. The van der Waals surface area contributed by atoms with Gasteiger partial charge in [-0.2, -0.15) is 0 Å². The summed E-state index contributed by atoms with van der Waals surface area (Å²) < 4.78 is 29.0. The smallest absolute Gasteiger partial charge is 0.338 e. The van der Waals surface area contributed by atoms with E-state index in [0.717, 1.165) is 16.7 Å². The first-order valence-corrected chi connectivity index (χ1v) is 14.6. The van der Waals surface area contributed by atoms with Crippen molar-refractivity contribution >= 4 is 21.9 Å². The Morgan fingerprint density at radius 1 is 0.667 bits per heavy atom. The maximum atomic E-state index is 12.8. The minimum atomic E-state index is -1.96. The molecule has 1 heterocycles. The second kappa shape index (κ2) is 14.7. The van der Waals surface area contributed by atoms with Crippen LogP contribution in [0.15, 0.2) is 121 Å². The quantitative estimate of drug-likeness (QED) is 0.151. The molecule has 1 unspecified atom stereocenters. The number of esters is 1. The van der Waals surface area contributed by atoms with Crippen molar-refractivity contribution in [2.45, 2.75) is 48.9 Å². The first-order chi connectivity index (χ1) is 20.5. The summed E-state index contributed by atoms with van der Waals surface area (Å²) in [5.41, 5.74) is 3.21. The van der Waals surface area contributed by atoms with E-state index >= 15 is 0 Å². The number of hydrogen-bond acceptors (Lipinski definition) is 7. The Labute approximate surface area is 254 Å². The van der Waals surface area contributed by atoms with Crippen LogP contribution in [0, 0.1) is 0 Å². The van der Waals surface area contributed by atoms with Crippen molar-refractivity contribution in [1.82, 2.24) is 0 Å². The number of benzene rings is 4. The third-order valence-electron chi connectivity index (χ3n) is 6.89. The molecule has 0 spiro atoms. The molecule has 1 saturated heterocycles. The van der Waals surface area contributed by atoms with E-state index < -0.39 is 35.1 Å². The first-order valence-electron chi connectivity index (χ1n) is 13.8. The molecule has 7 nitrogen and oxygen atoms in total. The molecular formula is C34H33BrO7. The Kier molecular flexibility index (Phi) is 10.5. The molecule has 1 N–H and O–H groups in total. The van der Waals surface area contributed by atoms with E-state index in [-0.39, 0.29) is 26.4 Å². The SMILES string of the molecule is O=C(OC[C@H]1OC(O)(Br)[C@H](OCc2ccccc2)[C@@H](OCc2ccccc2)[C@H]1OCc1ccccc1)c1ccccc1. The number of halogens is 1. The summed E-state index contributed by atoms with van der Waals surface area (Å²) in [7, 11) is 0. The zero-order chi connectivity index (χ0) is 29.2. The summed E-state index contributed by atoms with van der Waals surface area (Å²) >= 11 is 3.35. The van der Waals surface area contributed by atoms with E-state index in [4.69, 9.17) is 23.7 Å². The molecule has 0 saturated carbocycles. The fraction of sp³-hybridized carbons (Fsp3) is 0.265. The summed E-state index contributed by atoms with van der Waals surface area (Å²) in [5.74, 6) is -0.511. The van der Waals surface area contributed by atoms with Crippen LogP contribution < -0.4 is 0 Å². The fourth-order valence-corrected chi connectivity index (χ4v) is 5.39. The van der Waals surface area contributed by atoms with Gasteiger partial charge in [-0.15, -0.1) is 0 Å². The molecule has 1 fully saturated rings. The van der Waals surface area contributed by atoms with E-state index in [1.54, 1.807) is 24.3 Å². The van der Waals surface area contributed by atoms with E-state index in [1.165, 1.54) is 0 Å². The fourth-order valence-electron chi connectivity index (χ4n) is 4.75. The third-order valence-corrected chi connectivity index (χ3v) is 7.53. The maximum Gasteiger partial charge on any atom is 0.338 e. The van der Waals surface area contributed by atoms with Crippen molar-refractivity contribution < 1.29 is 33.6 Å². The van der Waals surface area contributed by atoms with Crippen LogP contribution in [0.1, 0.15) is 27.0 Å². The Hall–Kier alpha value is -3.37. The van der Waals surface area contributed by atoms with Crippen molar-refractivity contribution in [2.75, 3.05) is 6.61 Å². The predicted molar refractivity (Wildman–Crippen MR) is 161 cm³/mol. The number of ether oxygens (including phenoxy) is 5. The molecular weight excluding hydrogens is 600 g/mol. The van der Waals surface area contributed by atoms with Gasteiger partial charge >= 0.3 is 5.97 Å². The lowest BCUT2D eigenvalue weighted by Gasteiger charge is -2.47. The van der Waals surface area contributed by atoms with Gasteiger partial charge < -0.3 is 28.8 Å². The second-order valence-electron chi connectivity index (χ2n) is 9.97. The van der Waals surface area contributed by atoms with Crippen LogP contribution in [-0.4, -0.2) is 46.8 Å². The van der Waals surface area contributed by atoms with Gasteiger partial charge in [-0.25, -0.2) is 4.79 Å². The number of rotatable bonds is 12. The largest absolute Gasteiger partial charge is 0.459 e. The van der Waals surface area contributed by atoms with Crippen LogP contribution in [0.5, 0.6) is 0 Å². The molecule has 0 aromatic heterocycles. The Balaban J connectivity index is 1.42. The third kappa shape index (κ3) is 8.13. The molecule has 1 aliphatic rings. The van der Waals surface area contributed by atoms with E-state index in [9.17, 15) is 9.90 Å². The lowest BCUT2D eigenvalue weighted by Crippen LogP contribution is -2.65. The summed E-state index contributed by atoms with van der Waals surface area (Å²) in [6.45, 7) is 0.502. The zero-order valence-corrected chi connectivity index (χ0v) is 24.5. The van der Waals surface area contributed by atoms with Gasteiger partial charge in [-0.1, -0.05) is 109 Å². The predicted octanol–water partition coefficient (Wildman–Crippen LogP) is 6.04. The van der Waals surface area contributed by atoms with Crippen LogP contribution in [0.3, 0.4) is 0 Å². The topological polar surface area (TPSA) is 83.5 Å². The molecule has 5 rings (SSSR count). The Bertz CT molecular complexity index is 1370. The van der Waals surface area contributed by atoms with Crippen molar-refractivity contribution in [3.8, 4) is 0 Å². The van der Waals surface area contributed by atoms with Crippen molar-refractivity contribution in [3.63, 3.8) is 0 Å². The highest BCUT2D eigenvalue weighted by Crippen LogP contribution is 2.39. The van der Waals surface area contributed by atoms with Gasteiger partial charge in [0.05, 0.1) is 25.4 Å². The van der Waals surface area contributed by atoms with Crippen LogP contribution in [-0.2, 0) is 43.5 Å². The van der Waals surface area contributed by atoms with Gasteiger partial charge in [0.2, 0.25) is 0 Å². The Morgan fingerprint density at radius 2 is 1.10 bits per heavy atom. The minimum Gasteiger partial charge on any atom is -0.459 e. The average Bonchev–Trinajstić information content (AvgIpc) is 3.03. The van der Waals surface area contributed by atoms with Crippen LogP contribution in [0.4, 0.5) is 0 Å². The van der Waals surface area contributed by atoms with Gasteiger partial charge in [0.1, 0.15) is 24.9 Å². The van der Waals surface area contributed by atoms with Gasteiger partial charge in [0.15, 0.2) is 6.10 Å².